The summed E-state index contributed by atoms with van der Waals surface area (Å²) in [5.41, 5.74) is 0.288. The third-order valence-electron chi connectivity index (χ3n) is 4.67. The predicted molar refractivity (Wildman–Crippen MR) is 115 cm³/mol. The van der Waals surface area contributed by atoms with Gasteiger partial charge in [0.05, 0.1) is 41.0 Å². The van der Waals surface area contributed by atoms with Crippen molar-refractivity contribution in [2.24, 2.45) is 0 Å². The quantitative estimate of drug-likeness (QED) is 0.463. The molecule has 0 fully saturated rings. The molecule has 170 valence electrons. The summed E-state index contributed by atoms with van der Waals surface area (Å²) in [7, 11) is -2.95. The highest BCUT2D eigenvalue weighted by atomic mass is 35.5. The van der Waals surface area contributed by atoms with Crippen molar-refractivity contribution in [1.82, 2.24) is 10.6 Å². The zero-order chi connectivity index (χ0) is 23.5. The topological polar surface area (TPSA) is 111 Å². The van der Waals surface area contributed by atoms with E-state index < -0.39 is 39.4 Å². The molecule has 2 aromatic carbocycles. The van der Waals surface area contributed by atoms with Gasteiger partial charge in [0.25, 0.3) is 0 Å². The van der Waals surface area contributed by atoms with Crippen LogP contribution in [0.2, 0.25) is 5.02 Å². The number of nitrogens with one attached hydrogen (secondary N) is 2. The molecule has 0 aliphatic carbocycles. The minimum Gasteiger partial charge on any atom is -0.494 e. The van der Waals surface area contributed by atoms with E-state index in [0.717, 1.165) is 25.3 Å². The third-order valence-corrected chi connectivity index (χ3v) is 6.60. The average molecular weight is 483 g/mol. The standard InChI is InChI=1S/C21H20ClFN2O6S/c1-3-31-13-6-4-12(5-7-13)19-18(20(26)30-2)17(24-21(27)25-19)11-32(28,29)14-8-9-16(23)15(22)10-14/h4-10,19H,3,11H2,1-2H3,(H2,24,25,27)/t19-/m0/s1. The van der Waals surface area contributed by atoms with Gasteiger partial charge in [-0.05, 0) is 42.8 Å². The van der Waals surface area contributed by atoms with Crippen LogP contribution in [0.3, 0.4) is 0 Å². The highest BCUT2D eigenvalue weighted by molar-refractivity contribution is 7.91. The number of hydrogen-bond donors (Lipinski definition) is 2. The van der Waals surface area contributed by atoms with Gasteiger partial charge >= 0.3 is 12.0 Å². The molecule has 0 spiro atoms. The van der Waals surface area contributed by atoms with E-state index in [1.165, 1.54) is 0 Å². The summed E-state index contributed by atoms with van der Waals surface area (Å²) in [6.45, 7) is 2.30. The molecule has 2 N–H and O–H groups in total. The number of ether oxygens (including phenoxy) is 2. The summed E-state index contributed by atoms with van der Waals surface area (Å²) in [5, 5.41) is 4.62. The van der Waals surface area contributed by atoms with Gasteiger partial charge in [-0.15, -0.1) is 0 Å². The van der Waals surface area contributed by atoms with Crippen LogP contribution in [0.1, 0.15) is 18.5 Å². The molecular weight excluding hydrogens is 463 g/mol. The maximum atomic E-state index is 13.5. The Morgan fingerprint density at radius 2 is 1.88 bits per heavy atom. The molecule has 1 aliphatic heterocycles. The number of hydrogen-bond acceptors (Lipinski definition) is 6. The van der Waals surface area contributed by atoms with Crippen molar-refractivity contribution in [3.05, 3.63) is 70.1 Å². The molecule has 1 aliphatic rings. The van der Waals surface area contributed by atoms with E-state index in [1.54, 1.807) is 24.3 Å². The van der Waals surface area contributed by atoms with Gasteiger partial charge in [0.2, 0.25) is 0 Å². The number of amides is 2. The van der Waals surface area contributed by atoms with E-state index in [4.69, 9.17) is 21.1 Å². The lowest BCUT2D eigenvalue weighted by molar-refractivity contribution is -0.136. The van der Waals surface area contributed by atoms with E-state index in [0.29, 0.717) is 17.9 Å². The zero-order valence-corrected chi connectivity index (χ0v) is 18.7. The maximum Gasteiger partial charge on any atom is 0.338 e. The lowest BCUT2D eigenvalue weighted by Gasteiger charge is -2.29. The van der Waals surface area contributed by atoms with Crippen molar-refractivity contribution in [2.75, 3.05) is 19.5 Å². The number of carbonyl (C=O) groups is 2. The monoisotopic (exact) mass is 482 g/mol. The van der Waals surface area contributed by atoms with Crippen molar-refractivity contribution < 1.29 is 31.9 Å². The lowest BCUT2D eigenvalue weighted by Crippen LogP contribution is -2.47. The van der Waals surface area contributed by atoms with Gasteiger partial charge in [0, 0.05) is 5.70 Å². The van der Waals surface area contributed by atoms with E-state index in [1.807, 2.05) is 6.92 Å². The van der Waals surface area contributed by atoms with E-state index in [2.05, 4.69) is 10.6 Å². The number of esters is 1. The fourth-order valence-corrected chi connectivity index (χ4v) is 4.79. The fraction of sp³-hybridized carbons (Fsp3) is 0.238. The molecule has 1 atom stereocenters. The highest BCUT2D eigenvalue weighted by Gasteiger charge is 2.35. The van der Waals surface area contributed by atoms with Crippen molar-refractivity contribution in [1.29, 1.82) is 0 Å². The second-order valence-electron chi connectivity index (χ2n) is 6.75. The van der Waals surface area contributed by atoms with Crippen molar-refractivity contribution in [3.8, 4) is 5.75 Å². The van der Waals surface area contributed by atoms with Gasteiger partial charge in [0.1, 0.15) is 11.6 Å². The average Bonchev–Trinajstić information content (AvgIpc) is 2.75. The Morgan fingerprint density at radius 3 is 2.47 bits per heavy atom. The highest BCUT2D eigenvalue weighted by Crippen LogP contribution is 2.30. The SMILES string of the molecule is CCOc1ccc([C@@H]2NC(=O)NC(CS(=O)(=O)c3ccc(F)c(Cl)c3)=C2C(=O)OC)cc1. The molecule has 8 nitrogen and oxygen atoms in total. The first kappa shape index (κ1) is 23.6. The molecule has 3 rings (SSSR count). The number of halogens is 2. The Kier molecular flexibility index (Phi) is 7.05. The van der Waals surface area contributed by atoms with Crippen LogP contribution >= 0.6 is 11.6 Å². The van der Waals surface area contributed by atoms with Crippen molar-refractivity contribution in [2.45, 2.75) is 17.9 Å². The van der Waals surface area contributed by atoms with Crippen LogP contribution in [-0.4, -0.2) is 39.9 Å². The molecule has 0 unspecified atom stereocenters. The molecule has 0 saturated heterocycles. The normalized spacial score (nSPS) is 16.2. The maximum absolute atomic E-state index is 13.5. The molecule has 11 heteroatoms. The summed E-state index contributed by atoms with van der Waals surface area (Å²) in [5.74, 6) is -1.74. The van der Waals surface area contributed by atoms with Gasteiger partial charge in [-0.25, -0.2) is 22.4 Å². The number of sulfone groups is 1. The molecule has 1 heterocycles. The van der Waals surface area contributed by atoms with Crippen LogP contribution < -0.4 is 15.4 Å². The van der Waals surface area contributed by atoms with E-state index in [-0.39, 0.29) is 21.2 Å². The Balaban J connectivity index is 2.05. The fourth-order valence-electron chi connectivity index (χ4n) is 3.20. The Bertz CT molecular complexity index is 1180. The minimum absolute atomic E-state index is 0.0759. The van der Waals surface area contributed by atoms with Gasteiger partial charge in [-0.2, -0.15) is 0 Å². The Hall–Kier alpha value is -3.11. The minimum atomic E-state index is -4.10. The van der Waals surface area contributed by atoms with Gasteiger partial charge in [-0.3, -0.25) is 0 Å². The number of methoxy groups -OCH3 is 1. The number of rotatable bonds is 7. The molecule has 32 heavy (non-hydrogen) atoms. The summed E-state index contributed by atoms with van der Waals surface area (Å²) in [6.07, 6.45) is 0. The number of urea groups is 1. The lowest BCUT2D eigenvalue weighted by atomic mass is 9.95. The molecule has 0 saturated carbocycles. The van der Waals surface area contributed by atoms with Crippen LogP contribution in [-0.2, 0) is 19.4 Å². The van der Waals surface area contributed by atoms with E-state index in [9.17, 15) is 22.4 Å². The van der Waals surface area contributed by atoms with Crippen LogP contribution in [0.15, 0.2) is 58.6 Å². The zero-order valence-electron chi connectivity index (χ0n) is 17.1. The number of carbonyl (C=O) groups excluding carboxylic acids is 2. The molecule has 0 aromatic heterocycles. The predicted octanol–water partition coefficient (Wildman–Crippen LogP) is 3.13. The molecule has 2 aromatic rings. The van der Waals surface area contributed by atoms with Crippen LogP contribution in [0.5, 0.6) is 5.75 Å². The second-order valence-corrected chi connectivity index (χ2v) is 9.15. The van der Waals surface area contributed by atoms with Gasteiger partial charge < -0.3 is 20.1 Å². The molecular formula is C21H20ClFN2O6S. The van der Waals surface area contributed by atoms with Crippen molar-refractivity contribution in [3.63, 3.8) is 0 Å². The second kappa shape index (κ2) is 9.58. The van der Waals surface area contributed by atoms with E-state index >= 15 is 0 Å². The van der Waals surface area contributed by atoms with Crippen molar-refractivity contribution >= 4 is 33.4 Å². The Morgan fingerprint density at radius 1 is 1.19 bits per heavy atom. The van der Waals surface area contributed by atoms with Crippen LogP contribution in [0.25, 0.3) is 0 Å². The summed E-state index contributed by atoms with van der Waals surface area (Å²) in [4.78, 5) is 24.6. The van der Waals surface area contributed by atoms with Gasteiger partial charge in [0.15, 0.2) is 9.84 Å². The summed E-state index contributed by atoms with van der Waals surface area (Å²) in [6, 6.07) is 7.92. The summed E-state index contributed by atoms with van der Waals surface area (Å²) < 4.78 is 49.6. The molecule has 0 radical (unpaired) electrons. The van der Waals surface area contributed by atoms with Crippen LogP contribution in [0.4, 0.5) is 9.18 Å². The Labute approximate surface area is 189 Å². The molecule has 0 bridgehead atoms. The molecule has 2 amide bonds. The summed E-state index contributed by atoms with van der Waals surface area (Å²) >= 11 is 5.71. The first-order chi connectivity index (χ1) is 15.2. The smallest absolute Gasteiger partial charge is 0.338 e. The van der Waals surface area contributed by atoms with Gasteiger partial charge in [-0.1, -0.05) is 23.7 Å². The third kappa shape index (κ3) is 5.03. The first-order valence-electron chi connectivity index (χ1n) is 9.45. The first-order valence-corrected chi connectivity index (χ1v) is 11.5. The van der Waals surface area contributed by atoms with Crippen LogP contribution in [0, 0.1) is 5.82 Å². The number of benzene rings is 2. The largest absolute Gasteiger partial charge is 0.494 e.